The molecule has 92 valence electrons. The maximum Gasteiger partial charge on any atom is 0.134 e. The molecule has 0 amide bonds. The van der Waals surface area contributed by atoms with Crippen molar-refractivity contribution in [2.75, 3.05) is 26.7 Å². The summed E-state index contributed by atoms with van der Waals surface area (Å²) < 4.78 is 0. The fourth-order valence-corrected chi connectivity index (χ4v) is 3.17. The number of likely N-dealkylation sites (N-methyl/N-ethyl adjacent to an activating group) is 2. The minimum absolute atomic E-state index is 0.454. The Morgan fingerprint density at radius 1 is 1.44 bits per heavy atom. The summed E-state index contributed by atoms with van der Waals surface area (Å²) >= 11 is 0. The average molecular weight is 224 g/mol. The molecule has 3 heteroatoms. The van der Waals surface area contributed by atoms with Gasteiger partial charge in [-0.2, -0.15) is 0 Å². The highest BCUT2D eigenvalue weighted by atomic mass is 16.1. The minimum atomic E-state index is 0.454. The van der Waals surface area contributed by atoms with Crippen molar-refractivity contribution in [1.29, 1.82) is 0 Å². The summed E-state index contributed by atoms with van der Waals surface area (Å²) in [5.41, 5.74) is 0. The lowest BCUT2D eigenvalue weighted by Gasteiger charge is -2.30. The van der Waals surface area contributed by atoms with Crippen LogP contribution in [0.1, 0.15) is 39.0 Å². The molecule has 3 nitrogen and oxygen atoms in total. The van der Waals surface area contributed by atoms with Crippen molar-refractivity contribution in [3.8, 4) is 0 Å². The van der Waals surface area contributed by atoms with Crippen LogP contribution in [0.5, 0.6) is 0 Å². The third-order valence-corrected chi connectivity index (χ3v) is 4.25. The van der Waals surface area contributed by atoms with Crippen LogP contribution >= 0.6 is 0 Å². The van der Waals surface area contributed by atoms with Gasteiger partial charge in [-0.25, -0.2) is 0 Å². The minimum Gasteiger partial charge on any atom is -0.301 e. The molecular formula is C13H24N2O. The largest absolute Gasteiger partial charge is 0.301 e. The first-order chi connectivity index (χ1) is 7.70. The van der Waals surface area contributed by atoms with Gasteiger partial charge in [0.25, 0.3) is 0 Å². The van der Waals surface area contributed by atoms with Crippen LogP contribution in [0.2, 0.25) is 0 Å². The molecule has 0 N–H and O–H groups in total. The van der Waals surface area contributed by atoms with Gasteiger partial charge in [-0.1, -0.05) is 6.92 Å². The SMILES string of the molecule is CCN1CCCC1CN(C)C1CCC(=O)C1. The third kappa shape index (κ3) is 2.64. The van der Waals surface area contributed by atoms with E-state index in [4.69, 9.17) is 0 Å². The number of carbonyl (C=O) groups excluding carboxylic acids is 1. The molecular weight excluding hydrogens is 200 g/mol. The molecule has 0 spiro atoms. The van der Waals surface area contributed by atoms with Gasteiger partial charge in [-0.15, -0.1) is 0 Å². The van der Waals surface area contributed by atoms with Gasteiger partial charge in [0.1, 0.15) is 5.78 Å². The normalized spacial score (nSPS) is 31.8. The molecule has 2 fully saturated rings. The van der Waals surface area contributed by atoms with Gasteiger partial charge in [0.2, 0.25) is 0 Å². The predicted octanol–water partition coefficient (Wildman–Crippen LogP) is 1.52. The molecule has 1 aliphatic carbocycles. The standard InChI is InChI=1S/C13H24N2O/c1-3-15-8-4-5-12(15)10-14(2)11-6-7-13(16)9-11/h11-12H,3-10H2,1-2H3. The van der Waals surface area contributed by atoms with Crippen LogP contribution in [0.25, 0.3) is 0 Å². The van der Waals surface area contributed by atoms with Crippen molar-refractivity contribution >= 4 is 5.78 Å². The summed E-state index contributed by atoms with van der Waals surface area (Å²) in [6.45, 7) is 5.82. The zero-order valence-electron chi connectivity index (χ0n) is 10.6. The summed E-state index contributed by atoms with van der Waals surface area (Å²) in [6, 6.07) is 1.25. The molecule has 1 heterocycles. The molecule has 0 aromatic carbocycles. The van der Waals surface area contributed by atoms with Crippen molar-refractivity contribution in [2.24, 2.45) is 0 Å². The number of ketones is 1. The van der Waals surface area contributed by atoms with Crippen molar-refractivity contribution in [3.63, 3.8) is 0 Å². The van der Waals surface area contributed by atoms with E-state index in [0.717, 1.165) is 31.8 Å². The van der Waals surface area contributed by atoms with Crippen LogP contribution in [-0.4, -0.2) is 54.3 Å². The van der Waals surface area contributed by atoms with Crippen LogP contribution in [0, 0.1) is 0 Å². The maximum atomic E-state index is 11.3. The first-order valence-electron chi connectivity index (χ1n) is 6.66. The highest BCUT2D eigenvalue weighted by molar-refractivity contribution is 5.81. The zero-order chi connectivity index (χ0) is 11.5. The van der Waals surface area contributed by atoms with Crippen LogP contribution in [0.3, 0.4) is 0 Å². The summed E-state index contributed by atoms with van der Waals surface area (Å²) in [6.07, 6.45) is 5.34. The van der Waals surface area contributed by atoms with Crippen molar-refractivity contribution in [1.82, 2.24) is 9.80 Å². The first-order valence-corrected chi connectivity index (χ1v) is 6.66. The summed E-state index contributed by atoms with van der Waals surface area (Å²) in [5.74, 6) is 0.454. The lowest BCUT2D eigenvalue weighted by Crippen LogP contribution is -2.42. The quantitative estimate of drug-likeness (QED) is 0.723. The molecule has 2 atom stereocenters. The Kier molecular flexibility index (Phi) is 3.98. The van der Waals surface area contributed by atoms with Gasteiger partial charge in [0, 0.05) is 31.5 Å². The number of nitrogens with zero attached hydrogens (tertiary/aromatic N) is 2. The third-order valence-electron chi connectivity index (χ3n) is 4.25. The molecule has 16 heavy (non-hydrogen) atoms. The smallest absolute Gasteiger partial charge is 0.134 e. The number of likely N-dealkylation sites (tertiary alicyclic amines) is 1. The zero-order valence-corrected chi connectivity index (χ0v) is 10.6. The number of rotatable bonds is 4. The van der Waals surface area contributed by atoms with Crippen LogP contribution in [0.15, 0.2) is 0 Å². The molecule has 0 radical (unpaired) electrons. The van der Waals surface area contributed by atoms with Crippen molar-refractivity contribution < 1.29 is 4.79 Å². The van der Waals surface area contributed by atoms with E-state index >= 15 is 0 Å². The lowest BCUT2D eigenvalue weighted by molar-refractivity contribution is -0.117. The average Bonchev–Trinajstić information content (AvgIpc) is 2.86. The molecule has 2 aliphatic rings. The molecule has 0 aromatic heterocycles. The first kappa shape index (κ1) is 12.1. The molecule has 0 bridgehead atoms. The van der Waals surface area contributed by atoms with Gasteiger partial charge in [-0.05, 0) is 39.4 Å². The monoisotopic (exact) mass is 224 g/mol. The second kappa shape index (κ2) is 5.28. The van der Waals surface area contributed by atoms with Crippen LogP contribution < -0.4 is 0 Å². The molecule has 1 saturated heterocycles. The van der Waals surface area contributed by atoms with E-state index in [2.05, 4.69) is 23.8 Å². The van der Waals surface area contributed by atoms with Gasteiger partial charge in [0.15, 0.2) is 0 Å². The number of hydrogen-bond acceptors (Lipinski definition) is 3. The van der Waals surface area contributed by atoms with Gasteiger partial charge < -0.3 is 4.90 Å². The van der Waals surface area contributed by atoms with Gasteiger partial charge >= 0.3 is 0 Å². The number of carbonyl (C=O) groups is 1. The topological polar surface area (TPSA) is 23.6 Å². The lowest BCUT2D eigenvalue weighted by atomic mass is 10.1. The van der Waals surface area contributed by atoms with E-state index in [-0.39, 0.29) is 0 Å². The second-order valence-corrected chi connectivity index (χ2v) is 5.30. The Balaban J connectivity index is 1.82. The Labute approximate surface area is 98.8 Å². The second-order valence-electron chi connectivity index (χ2n) is 5.30. The van der Waals surface area contributed by atoms with Gasteiger partial charge in [-0.3, -0.25) is 9.69 Å². The van der Waals surface area contributed by atoms with E-state index in [9.17, 15) is 4.79 Å². The highest BCUT2D eigenvalue weighted by Gasteiger charge is 2.29. The van der Waals surface area contributed by atoms with Crippen molar-refractivity contribution in [3.05, 3.63) is 0 Å². The summed E-state index contributed by atoms with van der Waals surface area (Å²) in [5, 5.41) is 0. The number of hydrogen-bond donors (Lipinski definition) is 0. The summed E-state index contributed by atoms with van der Waals surface area (Å²) in [4.78, 5) is 16.3. The van der Waals surface area contributed by atoms with Gasteiger partial charge in [0.05, 0.1) is 0 Å². The molecule has 2 rings (SSSR count). The van der Waals surface area contributed by atoms with E-state index < -0.39 is 0 Å². The molecule has 2 unspecified atom stereocenters. The Morgan fingerprint density at radius 3 is 2.88 bits per heavy atom. The molecule has 1 aliphatic heterocycles. The van der Waals surface area contributed by atoms with E-state index in [1.807, 2.05) is 0 Å². The Bertz CT molecular complexity index is 254. The van der Waals surface area contributed by atoms with Crippen LogP contribution in [-0.2, 0) is 4.79 Å². The Hall–Kier alpha value is -0.410. The van der Waals surface area contributed by atoms with E-state index in [0.29, 0.717) is 11.8 Å². The van der Waals surface area contributed by atoms with Crippen molar-refractivity contribution in [2.45, 2.75) is 51.1 Å². The van der Waals surface area contributed by atoms with E-state index in [1.54, 1.807) is 0 Å². The highest BCUT2D eigenvalue weighted by Crippen LogP contribution is 2.23. The summed E-state index contributed by atoms with van der Waals surface area (Å²) in [7, 11) is 2.19. The van der Waals surface area contributed by atoms with Crippen LogP contribution in [0.4, 0.5) is 0 Å². The molecule has 0 aromatic rings. The van der Waals surface area contributed by atoms with E-state index in [1.165, 1.54) is 25.9 Å². The Morgan fingerprint density at radius 2 is 2.25 bits per heavy atom. The fraction of sp³-hybridized carbons (Fsp3) is 0.923. The fourth-order valence-electron chi connectivity index (χ4n) is 3.17. The maximum absolute atomic E-state index is 11.3. The predicted molar refractivity (Wildman–Crippen MR) is 65.5 cm³/mol. The number of Topliss-reactive ketones (excluding diaryl/α,β-unsaturated/α-hetero) is 1. The molecule has 1 saturated carbocycles.